The molecule has 0 saturated carbocycles. The Morgan fingerprint density at radius 3 is 2.79 bits per heavy atom. The first-order valence-electron chi connectivity index (χ1n) is 5.96. The van der Waals surface area contributed by atoms with Gasteiger partial charge in [0.05, 0.1) is 12.3 Å². The quantitative estimate of drug-likeness (QED) is 0.809. The van der Waals surface area contributed by atoms with E-state index in [1.807, 2.05) is 27.1 Å². The lowest BCUT2D eigenvalue weighted by molar-refractivity contribution is 0.312. The summed E-state index contributed by atoms with van der Waals surface area (Å²) >= 11 is 0. The number of nitrogens with zero attached hydrogens (tertiary/aromatic N) is 5. The zero-order valence-electron chi connectivity index (χ0n) is 11.2. The Bertz CT molecular complexity index is 566. The van der Waals surface area contributed by atoms with Gasteiger partial charge in [0, 0.05) is 25.4 Å². The van der Waals surface area contributed by atoms with E-state index in [-0.39, 0.29) is 12.0 Å². The Balaban J connectivity index is 2.08. The highest BCUT2D eigenvalue weighted by molar-refractivity contribution is 5.34. The smallest absolute Gasteiger partial charge is 0.323 e. The molecule has 2 aromatic heterocycles. The number of ether oxygens (including phenoxy) is 1. The molecule has 0 unspecified atom stereocenters. The van der Waals surface area contributed by atoms with Crippen LogP contribution in [0.25, 0.3) is 0 Å². The van der Waals surface area contributed by atoms with E-state index in [9.17, 15) is 0 Å². The van der Waals surface area contributed by atoms with Crippen LogP contribution in [0.2, 0.25) is 0 Å². The van der Waals surface area contributed by atoms with Crippen molar-refractivity contribution in [2.45, 2.75) is 20.4 Å². The fourth-order valence-corrected chi connectivity index (χ4v) is 1.64. The van der Waals surface area contributed by atoms with Gasteiger partial charge in [-0.15, -0.1) is 0 Å². The van der Waals surface area contributed by atoms with Crippen molar-refractivity contribution >= 4 is 11.9 Å². The van der Waals surface area contributed by atoms with Crippen LogP contribution < -0.4 is 15.8 Å². The number of nitrogens with two attached hydrogens (primary N) is 1. The van der Waals surface area contributed by atoms with Crippen molar-refractivity contribution in [1.82, 2.24) is 24.7 Å². The Labute approximate surface area is 111 Å². The van der Waals surface area contributed by atoms with E-state index in [2.05, 4.69) is 25.4 Å². The first kappa shape index (κ1) is 13.1. The SMILES string of the molecule is CCOc1nc(N)nc(NCc2cn(C)nc2C)n1. The molecular weight excluding hydrogens is 246 g/mol. The van der Waals surface area contributed by atoms with Gasteiger partial charge in [-0.3, -0.25) is 4.68 Å². The molecule has 0 amide bonds. The van der Waals surface area contributed by atoms with Crippen molar-refractivity contribution in [3.8, 4) is 6.01 Å². The molecule has 19 heavy (non-hydrogen) atoms. The largest absolute Gasteiger partial charge is 0.464 e. The van der Waals surface area contributed by atoms with E-state index in [0.29, 0.717) is 19.1 Å². The number of rotatable bonds is 5. The summed E-state index contributed by atoms with van der Waals surface area (Å²) < 4.78 is 6.97. The summed E-state index contributed by atoms with van der Waals surface area (Å²) in [5, 5.41) is 7.34. The van der Waals surface area contributed by atoms with Crippen LogP contribution in [0.5, 0.6) is 6.01 Å². The van der Waals surface area contributed by atoms with Gasteiger partial charge in [0.15, 0.2) is 0 Å². The predicted molar refractivity (Wildman–Crippen MR) is 70.7 cm³/mol. The maximum atomic E-state index is 5.59. The third-order valence-electron chi connectivity index (χ3n) is 2.46. The third kappa shape index (κ3) is 3.30. The molecule has 8 nitrogen and oxygen atoms in total. The second kappa shape index (κ2) is 5.51. The Morgan fingerprint density at radius 1 is 1.37 bits per heavy atom. The molecule has 0 spiro atoms. The Morgan fingerprint density at radius 2 is 2.16 bits per heavy atom. The fourth-order valence-electron chi connectivity index (χ4n) is 1.64. The molecule has 0 saturated heterocycles. The highest BCUT2D eigenvalue weighted by Crippen LogP contribution is 2.11. The van der Waals surface area contributed by atoms with Gasteiger partial charge < -0.3 is 15.8 Å². The third-order valence-corrected chi connectivity index (χ3v) is 2.46. The maximum absolute atomic E-state index is 5.59. The van der Waals surface area contributed by atoms with Gasteiger partial charge >= 0.3 is 6.01 Å². The molecule has 0 aliphatic carbocycles. The van der Waals surface area contributed by atoms with Crippen molar-refractivity contribution in [3.05, 3.63) is 17.5 Å². The van der Waals surface area contributed by atoms with Crippen LogP contribution >= 0.6 is 0 Å². The highest BCUT2D eigenvalue weighted by atomic mass is 16.5. The minimum Gasteiger partial charge on any atom is -0.464 e. The van der Waals surface area contributed by atoms with Gasteiger partial charge in [-0.25, -0.2) is 0 Å². The van der Waals surface area contributed by atoms with Gasteiger partial charge in [-0.05, 0) is 13.8 Å². The molecule has 0 bridgehead atoms. The van der Waals surface area contributed by atoms with Crippen molar-refractivity contribution in [2.75, 3.05) is 17.7 Å². The van der Waals surface area contributed by atoms with E-state index in [4.69, 9.17) is 10.5 Å². The monoisotopic (exact) mass is 263 g/mol. The van der Waals surface area contributed by atoms with Crippen molar-refractivity contribution in [3.63, 3.8) is 0 Å². The number of aromatic nitrogens is 5. The van der Waals surface area contributed by atoms with Gasteiger partial charge in [0.25, 0.3) is 0 Å². The minimum absolute atomic E-state index is 0.129. The molecule has 0 fully saturated rings. The average Bonchev–Trinajstić information content (AvgIpc) is 2.65. The second-order valence-corrected chi connectivity index (χ2v) is 4.00. The minimum atomic E-state index is 0.129. The first-order chi connectivity index (χ1) is 9.08. The summed E-state index contributed by atoms with van der Waals surface area (Å²) in [5.74, 6) is 0.517. The van der Waals surface area contributed by atoms with Crippen LogP contribution in [0.3, 0.4) is 0 Å². The molecule has 102 valence electrons. The lowest BCUT2D eigenvalue weighted by Gasteiger charge is -2.06. The van der Waals surface area contributed by atoms with Crippen LogP contribution in [0.15, 0.2) is 6.20 Å². The van der Waals surface area contributed by atoms with E-state index >= 15 is 0 Å². The van der Waals surface area contributed by atoms with Crippen molar-refractivity contribution < 1.29 is 4.74 Å². The maximum Gasteiger partial charge on any atom is 0.323 e. The van der Waals surface area contributed by atoms with Gasteiger partial charge in [0.2, 0.25) is 11.9 Å². The standard InChI is InChI=1S/C11H17N7O/c1-4-19-11-15-9(12)14-10(16-11)13-5-8-6-18(3)17-7(8)2/h6H,4-5H2,1-3H3,(H3,12,13,14,15,16). The molecule has 2 rings (SSSR count). The molecule has 8 heteroatoms. The molecule has 0 aromatic carbocycles. The average molecular weight is 263 g/mol. The number of hydrogen-bond donors (Lipinski definition) is 2. The molecule has 2 heterocycles. The topological polar surface area (TPSA) is 104 Å². The van der Waals surface area contributed by atoms with Crippen LogP contribution in [-0.4, -0.2) is 31.3 Å². The lowest BCUT2D eigenvalue weighted by Crippen LogP contribution is -2.09. The van der Waals surface area contributed by atoms with E-state index < -0.39 is 0 Å². The summed E-state index contributed by atoms with van der Waals surface area (Å²) in [5.41, 5.74) is 7.62. The molecule has 0 aliphatic heterocycles. The Kier molecular flexibility index (Phi) is 3.79. The summed E-state index contributed by atoms with van der Waals surface area (Å²) in [6.45, 7) is 4.84. The molecule has 3 N–H and O–H groups in total. The fraction of sp³-hybridized carbons (Fsp3) is 0.455. The first-order valence-corrected chi connectivity index (χ1v) is 5.96. The summed E-state index contributed by atoms with van der Waals surface area (Å²) in [7, 11) is 1.88. The second-order valence-electron chi connectivity index (χ2n) is 4.00. The van der Waals surface area contributed by atoms with E-state index in [0.717, 1.165) is 11.3 Å². The molecule has 0 radical (unpaired) electrons. The molecular formula is C11H17N7O. The molecule has 0 atom stereocenters. The van der Waals surface area contributed by atoms with Crippen molar-refractivity contribution in [2.24, 2.45) is 7.05 Å². The number of aryl methyl sites for hydroxylation is 2. The van der Waals surface area contributed by atoms with Crippen LogP contribution in [0, 0.1) is 6.92 Å². The van der Waals surface area contributed by atoms with Crippen LogP contribution in [-0.2, 0) is 13.6 Å². The Hall–Kier alpha value is -2.38. The zero-order chi connectivity index (χ0) is 13.8. The lowest BCUT2D eigenvalue weighted by atomic mass is 10.3. The van der Waals surface area contributed by atoms with Gasteiger partial charge in [-0.1, -0.05) is 0 Å². The van der Waals surface area contributed by atoms with Crippen LogP contribution in [0.4, 0.5) is 11.9 Å². The molecule has 2 aromatic rings. The summed E-state index contributed by atoms with van der Waals surface area (Å²) in [6.07, 6.45) is 1.94. The van der Waals surface area contributed by atoms with Crippen molar-refractivity contribution in [1.29, 1.82) is 0 Å². The number of nitrogen functional groups attached to an aromatic ring is 1. The van der Waals surface area contributed by atoms with E-state index in [1.165, 1.54) is 0 Å². The van der Waals surface area contributed by atoms with Gasteiger partial charge in [0.1, 0.15) is 0 Å². The number of nitrogens with one attached hydrogen (secondary N) is 1. The zero-order valence-corrected chi connectivity index (χ0v) is 11.2. The van der Waals surface area contributed by atoms with E-state index in [1.54, 1.807) is 4.68 Å². The normalized spacial score (nSPS) is 10.5. The number of hydrogen-bond acceptors (Lipinski definition) is 7. The van der Waals surface area contributed by atoms with Crippen LogP contribution in [0.1, 0.15) is 18.2 Å². The highest BCUT2D eigenvalue weighted by Gasteiger charge is 2.07. The van der Waals surface area contributed by atoms with Gasteiger partial charge in [-0.2, -0.15) is 20.1 Å². The summed E-state index contributed by atoms with van der Waals surface area (Å²) in [4.78, 5) is 12.0. The summed E-state index contributed by atoms with van der Waals surface area (Å²) in [6, 6.07) is 0.223. The number of anilines is 2. The predicted octanol–water partition coefficient (Wildman–Crippen LogP) is 0.507. The molecule has 0 aliphatic rings.